The van der Waals surface area contributed by atoms with Crippen molar-refractivity contribution in [3.63, 3.8) is 0 Å². The fourth-order valence-corrected chi connectivity index (χ4v) is 3.88. The normalized spacial score (nSPS) is 12.5. The topological polar surface area (TPSA) is 34.0 Å². The van der Waals surface area contributed by atoms with Crippen LogP contribution in [-0.4, -0.2) is 19.5 Å². The number of aryl methyl sites for hydroxylation is 1. The van der Waals surface area contributed by atoms with Crippen molar-refractivity contribution in [3.05, 3.63) is 52.1 Å². The number of methoxy groups -OCH3 is 1. The Hall–Kier alpha value is -2.42. The average molecular weight is 421 g/mol. The number of benzene rings is 2. The highest BCUT2D eigenvalue weighted by Gasteiger charge is 2.16. The first kappa shape index (κ1) is 24.8. The van der Waals surface area contributed by atoms with Crippen molar-refractivity contribution in [2.24, 2.45) is 9.98 Å². The minimum atomic E-state index is 0.355. The summed E-state index contributed by atoms with van der Waals surface area (Å²) in [5.74, 6) is 2.44. The van der Waals surface area contributed by atoms with Gasteiger partial charge in [0.25, 0.3) is 0 Å². The van der Waals surface area contributed by atoms with Crippen LogP contribution in [0.1, 0.15) is 107 Å². The standard InChI is InChI=1S/C28H40N2O/c1-17(2)23-13-21(9)14-24(18(3)4)27(23)29-11-12-30-28-25(19(5)6)15-22(31-10)16-26(28)20(7)8/h11-20H,1-10H3/b29-11+,30-12+. The predicted octanol–water partition coefficient (Wildman–Crippen LogP) is 8.60. The predicted molar refractivity (Wildman–Crippen MR) is 137 cm³/mol. The first-order chi connectivity index (χ1) is 14.6. The minimum Gasteiger partial charge on any atom is -0.497 e. The SMILES string of the molecule is COc1cc(C(C)C)c(/N=C/C=N/c2c(C(C)C)cc(C)cc2C(C)C)c(C(C)C)c1. The Kier molecular flexibility index (Phi) is 8.61. The molecule has 2 rings (SSSR count). The molecule has 0 aliphatic heterocycles. The molecule has 0 aliphatic carbocycles. The first-order valence-corrected chi connectivity index (χ1v) is 11.5. The molecule has 0 radical (unpaired) electrons. The van der Waals surface area contributed by atoms with Crippen molar-refractivity contribution < 1.29 is 4.74 Å². The van der Waals surface area contributed by atoms with E-state index < -0.39 is 0 Å². The Morgan fingerprint density at radius 1 is 0.613 bits per heavy atom. The van der Waals surface area contributed by atoms with Gasteiger partial charge in [-0.15, -0.1) is 0 Å². The monoisotopic (exact) mass is 420 g/mol. The molecule has 0 aliphatic rings. The molecule has 168 valence electrons. The van der Waals surface area contributed by atoms with E-state index in [9.17, 15) is 0 Å². The number of hydrogen-bond donors (Lipinski definition) is 0. The molecule has 0 bridgehead atoms. The fraction of sp³-hybridized carbons (Fsp3) is 0.500. The van der Waals surface area contributed by atoms with Gasteiger partial charge in [0.05, 0.1) is 18.5 Å². The number of aliphatic imine (C=N–C) groups is 2. The Bertz CT molecular complexity index is 891. The molecule has 0 unspecified atom stereocenters. The summed E-state index contributed by atoms with van der Waals surface area (Å²) in [6.45, 7) is 19.9. The molecule has 0 heterocycles. The van der Waals surface area contributed by atoms with E-state index >= 15 is 0 Å². The van der Waals surface area contributed by atoms with E-state index in [4.69, 9.17) is 14.7 Å². The van der Waals surface area contributed by atoms with Crippen LogP contribution in [-0.2, 0) is 0 Å². The summed E-state index contributed by atoms with van der Waals surface area (Å²) in [6.07, 6.45) is 3.69. The van der Waals surface area contributed by atoms with Crippen molar-refractivity contribution >= 4 is 23.8 Å². The van der Waals surface area contributed by atoms with Gasteiger partial charge in [0, 0.05) is 12.4 Å². The molecule has 31 heavy (non-hydrogen) atoms. The van der Waals surface area contributed by atoms with Crippen molar-refractivity contribution in [3.8, 4) is 5.75 Å². The molecule has 0 saturated carbocycles. The van der Waals surface area contributed by atoms with E-state index in [0.717, 1.165) is 17.1 Å². The Balaban J connectivity index is 2.52. The third kappa shape index (κ3) is 6.06. The van der Waals surface area contributed by atoms with Crippen molar-refractivity contribution in [2.45, 2.75) is 86.0 Å². The number of rotatable bonds is 8. The molecule has 0 aromatic heterocycles. The molecule has 0 saturated heterocycles. The van der Waals surface area contributed by atoms with Crippen molar-refractivity contribution in [1.29, 1.82) is 0 Å². The summed E-state index contributed by atoms with van der Waals surface area (Å²) in [5, 5.41) is 0. The highest BCUT2D eigenvalue weighted by molar-refractivity contribution is 6.17. The lowest BCUT2D eigenvalue weighted by Crippen LogP contribution is -1.99. The molecule has 2 aromatic carbocycles. The number of ether oxygens (including phenoxy) is 1. The van der Waals surface area contributed by atoms with Gasteiger partial charge in [-0.1, -0.05) is 73.1 Å². The molecule has 0 N–H and O–H groups in total. The van der Waals surface area contributed by atoms with Gasteiger partial charge in [0.15, 0.2) is 0 Å². The van der Waals surface area contributed by atoms with Gasteiger partial charge in [0.1, 0.15) is 5.75 Å². The lowest BCUT2D eigenvalue weighted by molar-refractivity contribution is 0.413. The van der Waals surface area contributed by atoms with Crippen LogP contribution in [0, 0.1) is 6.92 Å². The zero-order valence-corrected chi connectivity index (χ0v) is 21.1. The van der Waals surface area contributed by atoms with Crippen LogP contribution in [0.15, 0.2) is 34.3 Å². The minimum absolute atomic E-state index is 0.355. The third-order valence-electron chi connectivity index (χ3n) is 5.65. The van der Waals surface area contributed by atoms with Crippen LogP contribution in [0.2, 0.25) is 0 Å². The van der Waals surface area contributed by atoms with Crippen LogP contribution in [0.4, 0.5) is 11.4 Å². The molecular weight excluding hydrogens is 380 g/mol. The summed E-state index contributed by atoms with van der Waals surface area (Å²) >= 11 is 0. The van der Waals surface area contributed by atoms with Crippen LogP contribution >= 0.6 is 0 Å². The van der Waals surface area contributed by atoms with Gasteiger partial charge in [-0.05, 0) is 65.0 Å². The summed E-state index contributed by atoms with van der Waals surface area (Å²) < 4.78 is 5.54. The lowest BCUT2D eigenvalue weighted by Gasteiger charge is -2.18. The van der Waals surface area contributed by atoms with Crippen LogP contribution in [0.25, 0.3) is 0 Å². The van der Waals surface area contributed by atoms with E-state index in [2.05, 4.69) is 86.6 Å². The molecule has 2 aromatic rings. The molecule has 0 atom stereocenters. The molecule has 0 amide bonds. The maximum atomic E-state index is 5.54. The summed E-state index contributed by atoms with van der Waals surface area (Å²) in [7, 11) is 1.72. The summed E-state index contributed by atoms with van der Waals surface area (Å²) in [4.78, 5) is 9.76. The maximum absolute atomic E-state index is 5.54. The second-order valence-electron chi connectivity index (χ2n) is 9.62. The van der Waals surface area contributed by atoms with Crippen LogP contribution in [0.5, 0.6) is 5.75 Å². The third-order valence-corrected chi connectivity index (χ3v) is 5.65. The van der Waals surface area contributed by atoms with Gasteiger partial charge in [0.2, 0.25) is 0 Å². The average Bonchev–Trinajstić information content (AvgIpc) is 2.70. The first-order valence-electron chi connectivity index (χ1n) is 11.5. The largest absolute Gasteiger partial charge is 0.497 e. The highest BCUT2D eigenvalue weighted by Crippen LogP contribution is 2.38. The van der Waals surface area contributed by atoms with Gasteiger partial charge in [-0.3, -0.25) is 9.98 Å². The quantitative estimate of drug-likeness (QED) is 0.394. The smallest absolute Gasteiger partial charge is 0.119 e. The Labute approximate surface area is 189 Å². The maximum Gasteiger partial charge on any atom is 0.119 e. The molecule has 0 spiro atoms. The molecule has 0 fully saturated rings. The van der Waals surface area contributed by atoms with Crippen LogP contribution < -0.4 is 4.74 Å². The number of nitrogens with zero attached hydrogens (tertiary/aromatic N) is 2. The van der Waals surface area contributed by atoms with E-state index in [0.29, 0.717) is 23.7 Å². The Morgan fingerprint density at radius 2 is 0.935 bits per heavy atom. The molecule has 3 nitrogen and oxygen atoms in total. The van der Waals surface area contributed by atoms with Gasteiger partial charge in [-0.2, -0.15) is 0 Å². The van der Waals surface area contributed by atoms with Crippen molar-refractivity contribution in [2.75, 3.05) is 7.11 Å². The van der Waals surface area contributed by atoms with Gasteiger partial charge < -0.3 is 4.74 Å². The number of hydrogen-bond acceptors (Lipinski definition) is 3. The lowest BCUT2D eigenvalue weighted by atomic mass is 9.91. The fourth-order valence-electron chi connectivity index (χ4n) is 3.88. The zero-order chi connectivity index (χ0) is 23.3. The van der Waals surface area contributed by atoms with Gasteiger partial charge >= 0.3 is 0 Å². The zero-order valence-electron chi connectivity index (χ0n) is 21.1. The summed E-state index contributed by atoms with van der Waals surface area (Å²) in [5.41, 5.74) is 8.41. The van der Waals surface area contributed by atoms with E-state index in [1.54, 1.807) is 7.11 Å². The molecular formula is C28H40N2O. The van der Waals surface area contributed by atoms with E-state index in [-0.39, 0.29) is 0 Å². The van der Waals surface area contributed by atoms with Crippen molar-refractivity contribution in [1.82, 2.24) is 0 Å². The second-order valence-corrected chi connectivity index (χ2v) is 9.62. The van der Waals surface area contributed by atoms with E-state index in [1.807, 2.05) is 12.4 Å². The Morgan fingerprint density at radius 3 is 1.23 bits per heavy atom. The van der Waals surface area contributed by atoms with Crippen LogP contribution in [0.3, 0.4) is 0 Å². The highest BCUT2D eigenvalue weighted by atomic mass is 16.5. The second kappa shape index (κ2) is 10.7. The molecule has 3 heteroatoms. The van der Waals surface area contributed by atoms with E-state index in [1.165, 1.54) is 27.8 Å². The summed E-state index contributed by atoms with van der Waals surface area (Å²) in [6, 6.07) is 8.73. The van der Waals surface area contributed by atoms with Gasteiger partial charge in [-0.25, -0.2) is 0 Å².